The Bertz CT molecular complexity index is 894. The van der Waals surface area contributed by atoms with Gasteiger partial charge in [0.2, 0.25) is 0 Å². The van der Waals surface area contributed by atoms with E-state index in [4.69, 9.17) is 4.74 Å². The lowest BCUT2D eigenvalue weighted by Gasteiger charge is -2.35. The number of rotatable bonds is 4. The molecule has 3 aromatic rings. The lowest BCUT2D eigenvalue weighted by Crippen LogP contribution is -2.49. The number of aromatic nitrogens is 2. The molecule has 1 aliphatic rings. The number of piperazine rings is 1. The fourth-order valence-electron chi connectivity index (χ4n) is 3.12. The van der Waals surface area contributed by atoms with Gasteiger partial charge in [0.05, 0.1) is 5.56 Å². The summed E-state index contributed by atoms with van der Waals surface area (Å²) in [7, 11) is 0. The van der Waals surface area contributed by atoms with E-state index < -0.39 is 0 Å². The minimum absolute atomic E-state index is 0.0136. The van der Waals surface area contributed by atoms with Crippen LogP contribution in [0.4, 0.5) is 5.82 Å². The maximum atomic E-state index is 13.1. The third-order valence-electron chi connectivity index (χ3n) is 4.54. The number of ether oxygens (including phenoxy) is 1. The maximum Gasteiger partial charge on any atom is 0.257 e. The highest BCUT2D eigenvalue weighted by Crippen LogP contribution is 2.26. The fourth-order valence-corrected chi connectivity index (χ4v) is 3.12. The summed E-state index contributed by atoms with van der Waals surface area (Å²) in [6.07, 6.45) is 1.66. The molecule has 0 radical (unpaired) electrons. The van der Waals surface area contributed by atoms with E-state index in [0.29, 0.717) is 30.2 Å². The Balaban J connectivity index is 1.46. The Morgan fingerprint density at radius 2 is 1.59 bits per heavy atom. The van der Waals surface area contributed by atoms with Crippen molar-refractivity contribution in [3.05, 3.63) is 78.5 Å². The van der Waals surface area contributed by atoms with Crippen LogP contribution in [0.3, 0.4) is 0 Å². The predicted octanol–water partition coefficient (Wildman–Crippen LogP) is 3.23. The third kappa shape index (κ3) is 3.89. The van der Waals surface area contributed by atoms with Crippen LogP contribution in [0.5, 0.6) is 11.5 Å². The second-order valence-electron chi connectivity index (χ2n) is 6.27. The molecule has 0 unspecified atom stereocenters. The Morgan fingerprint density at radius 1 is 0.852 bits per heavy atom. The average molecular weight is 360 g/mol. The van der Waals surface area contributed by atoms with Crippen molar-refractivity contribution < 1.29 is 9.53 Å². The highest BCUT2D eigenvalue weighted by atomic mass is 16.5. The topological polar surface area (TPSA) is 58.6 Å². The van der Waals surface area contributed by atoms with Gasteiger partial charge in [0.15, 0.2) is 5.82 Å². The van der Waals surface area contributed by atoms with Crippen LogP contribution in [0, 0.1) is 0 Å². The molecule has 1 amide bonds. The molecule has 0 aliphatic carbocycles. The molecule has 6 nitrogen and oxygen atoms in total. The van der Waals surface area contributed by atoms with Gasteiger partial charge in [0.25, 0.3) is 5.91 Å². The van der Waals surface area contributed by atoms with E-state index in [0.717, 1.165) is 18.9 Å². The van der Waals surface area contributed by atoms with Gasteiger partial charge in [-0.25, -0.2) is 0 Å². The summed E-state index contributed by atoms with van der Waals surface area (Å²) in [5.74, 6) is 2.12. The minimum atomic E-state index is -0.0136. The van der Waals surface area contributed by atoms with Crippen molar-refractivity contribution >= 4 is 11.7 Å². The molecule has 0 atom stereocenters. The van der Waals surface area contributed by atoms with Crippen molar-refractivity contribution in [2.45, 2.75) is 0 Å². The number of hydrogen-bond acceptors (Lipinski definition) is 5. The lowest BCUT2D eigenvalue weighted by molar-refractivity contribution is 0.0744. The number of nitrogens with zero attached hydrogens (tertiary/aromatic N) is 4. The monoisotopic (exact) mass is 360 g/mol. The Labute approximate surface area is 158 Å². The average Bonchev–Trinajstić information content (AvgIpc) is 2.75. The molecule has 0 N–H and O–H groups in total. The molecule has 1 fully saturated rings. The molecule has 1 aliphatic heterocycles. The minimum Gasteiger partial charge on any atom is -0.457 e. The first-order chi connectivity index (χ1) is 13.3. The molecule has 1 saturated heterocycles. The lowest BCUT2D eigenvalue weighted by atomic mass is 10.1. The van der Waals surface area contributed by atoms with Crippen molar-refractivity contribution in [1.29, 1.82) is 0 Å². The van der Waals surface area contributed by atoms with Crippen LogP contribution >= 0.6 is 0 Å². The molecule has 2 heterocycles. The second-order valence-corrected chi connectivity index (χ2v) is 6.27. The van der Waals surface area contributed by atoms with Gasteiger partial charge in [-0.05, 0) is 36.4 Å². The molecule has 0 spiro atoms. The Morgan fingerprint density at radius 3 is 2.33 bits per heavy atom. The fraction of sp³-hybridized carbons (Fsp3) is 0.190. The summed E-state index contributed by atoms with van der Waals surface area (Å²) >= 11 is 0. The van der Waals surface area contributed by atoms with Gasteiger partial charge in [-0.2, -0.15) is 5.10 Å². The number of para-hydroxylation sites is 2. The third-order valence-corrected chi connectivity index (χ3v) is 4.54. The van der Waals surface area contributed by atoms with Crippen LogP contribution < -0.4 is 9.64 Å². The van der Waals surface area contributed by atoms with Crippen molar-refractivity contribution in [3.8, 4) is 11.5 Å². The van der Waals surface area contributed by atoms with Gasteiger partial charge in [0, 0.05) is 32.4 Å². The molecule has 0 saturated carbocycles. The van der Waals surface area contributed by atoms with Crippen LogP contribution in [-0.2, 0) is 0 Å². The van der Waals surface area contributed by atoms with E-state index in [2.05, 4.69) is 15.1 Å². The van der Waals surface area contributed by atoms with Gasteiger partial charge in [-0.3, -0.25) is 4.79 Å². The van der Waals surface area contributed by atoms with E-state index in [-0.39, 0.29) is 5.91 Å². The van der Waals surface area contributed by atoms with Gasteiger partial charge < -0.3 is 14.5 Å². The smallest absolute Gasteiger partial charge is 0.257 e. The van der Waals surface area contributed by atoms with Gasteiger partial charge >= 0.3 is 0 Å². The van der Waals surface area contributed by atoms with Gasteiger partial charge in [0.1, 0.15) is 11.5 Å². The maximum absolute atomic E-state index is 13.1. The number of carbonyl (C=O) groups excluding carboxylic acids is 1. The molecule has 4 rings (SSSR count). The first-order valence-electron chi connectivity index (χ1n) is 8.95. The summed E-state index contributed by atoms with van der Waals surface area (Å²) < 4.78 is 5.94. The molecule has 2 aromatic carbocycles. The van der Waals surface area contributed by atoms with Crippen LogP contribution in [0.15, 0.2) is 72.9 Å². The van der Waals surface area contributed by atoms with Crippen LogP contribution in [0.1, 0.15) is 10.4 Å². The van der Waals surface area contributed by atoms with Crippen LogP contribution in [-0.4, -0.2) is 47.2 Å². The SMILES string of the molecule is O=C(c1ccccc1Oc1ccccc1)N1CCN(c2cccnn2)CC1. The highest BCUT2D eigenvalue weighted by molar-refractivity contribution is 5.97. The molecule has 0 bridgehead atoms. The number of carbonyl (C=O) groups is 1. The van der Waals surface area contributed by atoms with Crippen molar-refractivity contribution in [2.75, 3.05) is 31.1 Å². The molecular formula is C21H20N4O2. The van der Waals surface area contributed by atoms with E-state index >= 15 is 0 Å². The first kappa shape index (κ1) is 17.0. The quantitative estimate of drug-likeness (QED) is 0.715. The van der Waals surface area contributed by atoms with Gasteiger partial charge in [-0.15, -0.1) is 5.10 Å². The number of hydrogen-bond donors (Lipinski definition) is 0. The molecule has 1 aromatic heterocycles. The molecule has 6 heteroatoms. The first-order valence-corrected chi connectivity index (χ1v) is 8.95. The van der Waals surface area contributed by atoms with Gasteiger partial charge in [-0.1, -0.05) is 30.3 Å². The summed E-state index contributed by atoms with van der Waals surface area (Å²) in [6, 6.07) is 20.7. The van der Waals surface area contributed by atoms with E-state index in [1.165, 1.54) is 0 Å². The number of benzene rings is 2. The Hall–Kier alpha value is -3.41. The summed E-state index contributed by atoms with van der Waals surface area (Å²) in [4.78, 5) is 17.1. The number of anilines is 1. The van der Waals surface area contributed by atoms with Crippen molar-refractivity contribution in [1.82, 2.24) is 15.1 Å². The molecule has 27 heavy (non-hydrogen) atoms. The van der Waals surface area contributed by atoms with Crippen molar-refractivity contribution in [2.24, 2.45) is 0 Å². The second kappa shape index (κ2) is 7.86. The zero-order valence-corrected chi connectivity index (χ0v) is 14.9. The van der Waals surface area contributed by atoms with Crippen LogP contribution in [0.25, 0.3) is 0 Å². The van der Waals surface area contributed by atoms with Crippen molar-refractivity contribution in [3.63, 3.8) is 0 Å². The van der Waals surface area contributed by atoms with E-state index in [1.54, 1.807) is 6.20 Å². The standard InChI is InChI=1S/C21H20N4O2/c26-21(25-15-13-24(14-16-25)20-11-6-12-22-23-20)18-9-4-5-10-19(18)27-17-7-2-1-3-8-17/h1-12H,13-16H2. The molecular weight excluding hydrogens is 340 g/mol. The summed E-state index contributed by atoms with van der Waals surface area (Å²) in [5.41, 5.74) is 0.578. The zero-order valence-electron chi connectivity index (χ0n) is 14.9. The Kier molecular flexibility index (Phi) is 4.96. The molecule has 136 valence electrons. The normalized spacial score (nSPS) is 14.1. The van der Waals surface area contributed by atoms with Crippen LogP contribution in [0.2, 0.25) is 0 Å². The van der Waals surface area contributed by atoms with E-state index in [9.17, 15) is 4.79 Å². The zero-order chi connectivity index (χ0) is 18.5. The number of amides is 1. The largest absolute Gasteiger partial charge is 0.457 e. The summed E-state index contributed by atoms with van der Waals surface area (Å²) in [6.45, 7) is 2.72. The van der Waals surface area contributed by atoms with E-state index in [1.807, 2.05) is 71.6 Å². The predicted molar refractivity (Wildman–Crippen MR) is 103 cm³/mol. The highest BCUT2D eigenvalue weighted by Gasteiger charge is 2.25. The summed E-state index contributed by atoms with van der Waals surface area (Å²) in [5, 5.41) is 8.07.